The van der Waals surface area contributed by atoms with Crippen LogP contribution in [0.4, 0.5) is 0 Å². The van der Waals surface area contributed by atoms with Gasteiger partial charge in [-0.25, -0.2) is 4.57 Å². The number of hydrogen-bond acceptors (Lipinski definition) is 3. The minimum Gasteiger partial charge on any atom is -0.331 e. The number of aromatic amines is 1. The number of nitrogens with zero attached hydrogens (tertiary/aromatic N) is 1. The lowest BCUT2D eigenvalue weighted by Gasteiger charge is -2.08. The first-order chi connectivity index (χ1) is 11.6. The maximum absolute atomic E-state index is 12.9. The van der Waals surface area contributed by atoms with Crippen LogP contribution in [0.15, 0.2) is 71.5 Å². The third-order valence-electron chi connectivity index (χ3n) is 4.00. The molecule has 0 radical (unpaired) electrons. The van der Waals surface area contributed by atoms with E-state index < -0.39 is 11.5 Å². The fourth-order valence-electron chi connectivity index (χ4n) is 2.80. The van der Waals surface area contributed by atoms with E-state index >= 15 is 0 Å². The fourth-order valence-corrected chi connectivity index (χ4v) is 3.07. The van der Waals surface area contributed by atoms with Crippen molar-refractivity contribution in [3.63, 3.8) is 0 Å². The lowest BCUT2D eigenvalue weighted by Crippen LogP contribution is -2.29. The van der Waals surface area contributed by atoms with Crippen LogP contribution < -0.4 is 5.56 Å². The largest absolute Gasteiger partial charge is 0.331 e. The molecule has 0 bridgehead atoms. The molecule has 1 heterocycles. The second kappa shape index (κ2) is 5.54. The molecule has 24 heavy (non-hydrogen) atoms. The van der Waals surface area contributed by atoms with Gasteiger partial charge in [0.05, 0.1) is 10.9 Å². The van der Waals surface area contributed by atoms with Crippen molar-refractivity contribution in [2.24, 2.45) is 0 Å². The smallest absolute Gasteiger partial charge is 0.269 e. The first kappa shape index (κ1) is 14.5. The summed E-state index contributed by atoms with van der Waals surface area (Å²) in [6.45, 7) is 0. The Labute approximate surface area is 142 Å². The van der Waals surface area contributed by atoms with Crippen molar-refractivity contribution in [3.8, 4) is 0 Å². The Morgan fingerprint density at radius 2 is 1.62 bits per heavy atom. The summed E-state index contributed by atoms with van der Waals surface area (Å²) in [4.78, 5) is 28.5. The molecule has 0 saturated carbocycles. The van der Waals surface area contributed by atoms with Crippen LogP contribution in [0.2, 0.25) is 0 Å². The van der Waals surface area contributed by atoms with Crippen LogP contribution in [-0.4, -0.2) is 15.5 Å². The van der Waals surface area contributed by atoms with Gasteiger partial charge < -0.3 is 4.98 Å². The summed E-state index contributed by atoms with van der Waals surface area (Å²) in [5.74, 6) is -0.433. The Bertz CT molecular complexity index is 1220. The molecule has 1 N–H and O–H groups in total. The quantitative estimate of drug-likeness (QED) is 0.538. The second-order valence-electron chi connectivity index (χ2n) is 5.48. The van der Waals surface area contributed by atoms with Crippen molar-refractivity contribution < 1.29 is 4.79 Å². The first-order valence-electron chi connectivity index (χ1n) is 7.43. The van der Waals surface area contributed by atoms with E-state index in [0.29, 0.717) is 16.5 Å². The Morgan fingerprint density at radius 3 is 2.46 bits per heavy atom. The number of aromatic nitrogens is 2. The summed E-state index contributed by atoms with van der Waals surface area (Å²) in [7, 11) is 0. The molecule has 3 aromatic carbocycles. The van der Waals surface area contributed by atoms with Crippen LogP contribution in [0.25, 0.3) is 21.7 Å². The van der Waals surface area contributed by atoms with Crippen molar-refractivity contribution >= 4 is 39.8 Å². The van der Waals surface area contributed by atoms with Crippen molar-refractivity contribution in [2.45, 2.75) is 0 Å². The van der Waals surface area contributed by atoms with Gasteiger partial charge in [-0.2, -0.15) is 0 Å². The van der Waals surface area contributed by atoms with E-state index in [-0.39, 0.29) is 4.77 Å². The molecule has 0 atom stereocenters. The average molecular weight is 332 g/mol. The summed E-state index contributed by atoms with van der Waals surface area (Å²) in [5, 5.41) is 2.40. The van der Waals surface area contributed by atoms with Gasteiger partial charge in [-0.3, -0.25) is 9.59 Å². The normalized spacial score (nSPS) is 11.0. The van der Waals surface area contributed by atoms with Crippen LogP contribution in [0.3, 0.4) is 0 Å². The predicted molar refractivity (Wildman–Crippen MR) is 97.1 cm³/mol. The molecule has 0 spiro atoms. The number of para-hydroxylation sites is 1. The molecular formula is C19H12N2O2S. The first-order valence-corrected chi connectivity index (χ1v) is 7.83. The molecule has 116 valence electrons. The van der Waals surface area contributed by atoms with Gasteiger partial charge in [-0.1, -0.05) is 42.5 Å². The second-order valence-corrected chi connectivity index (χ2v) is 5.87. The SMILES string of the molecule is O=C(c1ccc2ccccc2c1)n1c(=S)[nH]c2ccccc2c1=O. The van der Waals surface area contributed by atoms with Crippen molar-refractivity contribution in [3.05, 3.63) is 87.4 Å². The van der Waals surface area contributed by atoms with Crippen LogP contribution in [0.1, 0.15) is 10.4 Å². The number of rotatable bonds is 1. The molecule has 5 heteroatoms. The van der Waals surface area contributed by atoms with Gasteiger partial charge in [-0.15, -0.1) is 0 Å². The minimum absolute atomic E-state index is 0.0943. The maximum Gasteiger partial charge on any atom is 0.269 e. The van der Waals surface area contributed by atoms with E-state index in [2.05, 4.69) is 4.98 Å². The highest BCUT2D eigenvalue weighted by Gasteiger charge is 2.14. The number of benzene rings is 3. The summed E-state index contributed by atoms with van der Waals surface area (Å²) in [5.41, 5.74) is 0.633. The number of fused-ring (bicyclic) bond motifs is 2. The van der Waals surface area contributed by atoms with Gasteiger partial charge in [0.15, 0.2) is 4.77 Å². The Hall–Kier alpha value is -3.05. The lowest BCUT2D eigenvalue weighted by molar-refractivity contribution is 0.0954. The molecule has 0 aliphatic rings. The van der Waals surface area contributed by atoms with Crippen LogP contribution in [0.5, 0.6) is 0 Å². The number of nitrogens with one attached hydrogen (secondary N) is 1. The van der Waals surface area contributed by atoms with Crippen LogP contribution in [0, 0.1) is 4.77 Å². The Balaban J connectivity index is 1.94. The van der Waals surface area contributed by atoms with Gasteiger partial charge in [0.25, 0.3) is 11.5 Å². The Morgan fingerprint density at radius 1 is 0.917 bits per heavy atom. The van der Waals surface area contributed by atoms with Gasteiger partial charge in [0.1, 0.15) is 0 Å². The molecule has 0 unspecified atom stereocenters. The topological polar surface area (TPSA) is 54.9 Å². The van der Waals surface area contributed by atoms with E-state index in [0.717, 1.165) is 15.3 Å². The van der Waals surface area contributed by atoms with E-state index in [4.69, 9.17) is 12.2 Å². The highest BCUT2D eigenvalue weighted by Crippen LogP contribution is 2.16. The third kappa shape index (κ3) is 2.26. The number of carbonyl (C=O) groups excluding carboxylic acids is 1. The fraction of sp³-hybridized carbons (Fsp3) is 0. The van der Waals surface area contributed by atoms with Gasteiger partial charge >= 0.3 is 0 Å². The molecule has 4 aromatic rings. The summed E-state index contributed by atoms with van der Waals surface area (Å²) < 4.78 is 1.11. The third-order valence-corrected chi connectivity index (χ3v) is 4.29. The highest BCUT2D eigenvalue weighted by atomic mass is 32.1. The van der Waals surface area contributed by atoms with Crippen LogP contribution >= 0.6 is 12.2 Å². The van der Waals surface area contributed by atoms with Gasteiger partial charge in [0.2, 0.25) is 0 Å². The maximum atomic E-state index is 12.9. The molecule has 0 aliphatic heterocycles. The summed E-state index contributed by atoms with van der Waals surface area (Å²) in [6.07, 6.45) is 0. The predicted octanol–water partition coefficient (Wildman–Crippen LogP) is 3.90. The molecule has 4 nitrogen and oxygen atoms in total. The molecule has 4 rings (SSSR count). The molecule has 0 saturated heterocycles. The van der Waals surface area contributed by atoms with Gasteiger partial charge in [-0.05, 0) is 47.3 Å². The monoisotopic (exact) mass is 332 g/mol. The summed E-state index contributed by atoms with van der Waals surface area (Å²) in [6, 6.07) is 20.1. The Kier molecular flexibility index (Phi) is 3.36. The standard InChI is InChI=1S/C19H12N2O2S/c22-17(14-10-9-12-5-1-2-6-13(12)11-14)21-18(23)15-7-3-4-8-16(15)20-19(21)24/h1-11H,(H,20,24). The summed E-state index contributed by atoms with van der Waals surface area (Å²) >= 11 is 5.23. The van der Waals surface area contributed by atoms with Crippen molar-refractivity contribution in [1.82, 2.24) is 9.55 Å². The molecule has 0 fully saturated rings. The van der Waals surface area contributed by atoms with Crippen molar-refractivity contribution in [1.29, 1.82) is 0 Å². The molecule has 0 amide bonds. The van der Waals surface area contributed by atoms with E-state index in [1.807, 2.05) is 36.4 Å². The zero-order valence-corrected chi connectivity index (χ0v) is 13.3. The highest BCUT2D eigenvalue weighted by molar-refractivity contribution is 7.71. The van der Waals surface area contributed by atoms with E-state index in [1.54, 1.807) is 30.3 Å². The number of hydrogen-bond donors (Lipinski definition) is 1. The van der Waals surface area contributed by atoms with Crippen molar-refractivity contribution in [2.75, 3.05) is 0 Å². The lowest BCUT2D eigenvalue weighted by atomic mass is 10.1. The van der Waals surface area contributed by atoms with E-state index in [9.17, 15) is 9.59 Å². The molecule has 0 aliphatic carbocycles. The minimum atomic E-state index is -0.433. The number of carbonyl (C=O) groups is 1. The molecular weight excluding hydrogens is 320 g/mol. The van der Waals surface area contributed by atoms with E-state index in [1.165, 1.54) is 0 Å². The average Bonchev–Trinajstić information content (AvgIpc) is 2.61. The molecule has 1 aromatic heterocycles. The van der Waals surface area contributed by atoms with Crippen LogP contribution in [-0.2, 0) is 0 Å². The zero-order valence-electron chi connectivity index (χ0n) is 12.5. The van der Waals surface area contributed by atoms with Gasteiger partial charge in [0, 0.05) is 5.56 Å². The number of H-pyrrole nitrogens is 1. The zero-order chi connectivity index (χ0) is 16.7.